The zero-order valence-corrected chi connectivity index (χ0v) is 22.7. The molecule has 0 atom stereocenters. The molecule has 0 saturated carbocycles. The third-order valence-corrected chi connectivity index (χ3v) is 7.68. The van der Waals surface area contributed by atoms with Crippen LogP contribution in [0.5, 0.6) is 11.5 Å². The molecule has 0 spiro atoms. The predicted molar refractivity (Wildman–Crippen MR) is 150 cm³/mol. The summed E-state index contributed by atoms with van der Waals surface area (Å²) in [6.45, 7) is 2.48. The standard InChI is InChI=1S/C28H26N6O5S/c1-36-21-10-6-9-18(25(21)37-2)19-15-20(17-7-4-3-5-8-17)30-28-23(19)24(29)26(40-28)27(35)31-22-16-34(32-39-22)33-11-13-38-14-12-33/h3-10,15-16H,11-14H2,1-2H3,(H2-,29,31,32,35). The Morgan fingerprint density at radius 3 is 2.62 bits per heavy atom. The van der Waals surface area contributed by atoms with Gasteiger partial charge in [-0.25, -0.2) is 9.98 Å². The molecule has 0 bridgehead atoms. The summed E-state index contributed by atoms with van der Waals surface area (Å²) in [5.41, 5.74) is 10.1. The molecule has 204 valence electrons. The molecule has 11 nitrogen and oxygen atoms in total. The van der Waals surface area contributed by atoms with Crippen LogP contribution in [0.3, 0.4) is 0 Å². The van der Waals surface area contributed by atoms with Crippen LogP contribution in [0.2, 0.25) is 0 Å². The van der Waals surface area contributed by atoms with Crippen LogP contribution in [0, 0.1) is 0 Å². The highest BCUT2D eigenvalue weighted by Crippen LogP contribution is 2.46. The number of nitrogens with two attached hydrogens (primary N) is 1. The van der Waals surface area contributed by atoms with Crippen LogP contribution in [0.15, 0.2) is 70.3 Å². The minimum absolute atomic E-state index is 0.0703. The average molecular weight is 559 g/mol. The van der Waals surface area contributed by atoms with E-state index in [0.717, 1.165) is 22.4 Å². The van der Waals surface area contributed by atoms with Gasteiger partial charge in [-0.3, -0.25) is 4.52 Å². The minimum Gasteiger partial charge on any atom is -0.857 e. The number of thiophene rings is 1. The van der Waals surface area contributed by atoms with Crippen LogP contribution in [0.1, 0.15) is 4.88 Å². The van der Waals surface area contributed by atoms with Crippen LogP contribution in [-0.2, 0) is 4.74 Å². The number of aliphatic imine (C=N–C) groups is 1. The monoisotopic (exact) mass is 558 g/mol. The number of anilines is 1. The van der Waals surface area contributed by atoms with Crippen molar-refractivity contribution in [3.8, 4) is 33.9 Å². The van der Waals surface area contributed by atoms with Crippen LogP contribution < -0.4 is 30.1 Å². The maximum Gasteiger partial charge on any atom is 0.324 e. The van der Waals surface area contributed by atoms with Gasteiger partial charge in [0.25, 0.3) is 6.20 Å². The lowest BCUT2D eigenvalue weighted by Crippen LogP contribution is -2.62. The highest BCUT2D eigenvalue weighted by molar-refractivity contribution is 7.21. The van der Waals surface area contributed by atoms with Crippen LogP contribution in [0.4, 0.5) is 11.6 Å². The third kappa shape index (κ3) is 4.67. The molecule has 0 aliphatic carbocycles. The van der Waals surface area contributed by atoms with Gasteiger partial charge in [0.05, 0.1) is 61.6 Å². The number of ether oxygens (including phenoxy) is 3. The number of hydrogen-bond donors (Lipinski definition) is 1. The van der Waals surface area contributed by atoms with E-state index in [9.17, 15) is 5.11 Å². The Hall–Kier alpha value is -4.68. The van der Waals surface area contributed by atoms with E-state index >= 15 is 0 Å². The van der Waals surface area contributed by atoms with Crippen molar-refractivity contribution in [3.63, 3.8) is 0 Å². The van der Waals surface area contributed by atoms with E-state index in [4.69, 9.17) is 29.5 Å². The summed E-state index contributed by atoms with van der Waals surface area (Å²) in [5, 5.41) is 19.9. The Kier molecular flexibility index (Phi) is 6.93. The molecule has 0 unspecified atom stereocenters. The molecule has 1 aliphatic heterocycles. The van der Waals surface area contributed by atoms with E-state index in [0.29, 0.717) is 48.0 Å². The molecule has 5 aromatic rings. The lowest BCUT2D eigenvalue weighted by atomic mass is 9.98. The van der Waals surface area contributed by atoms with Gasteiger partial charge < -0.3 is 25.1 Å². The first-order chi connectivity index (χ1) is 19.6. The SMILES string of the molecule is COc1cccc(-c2cc(-c3ccccc3)nc3sc(/C([O-])=N/c4c[n+](N5CCOCC5)no4)c(N)c23)c1OC. The maximum absolute atomic E-state index is 13.4. The van der Waals surface area contributed by atoms with E-state index in [1.165, 1.54) is 16.1 Å². The number of methoxy groups -OCH3 is 2. The molecule has 3 aromatic heterocycles. The van der Waals surface area contributed by atoms with Crippen molar-refractivity contribution < 1.29 is 28.6 Å². The summed E-state index contributed by atoms with van der Waals surface area (Å²) in [6, 6.07) is 17.4. The van der Waals surface area contributed by atoms with Gasteiger partial charge >= 0.3 is 5.88 Å². The molecule has 12 heteroatoms. The summed E-state index contributed by atoms with van der Waals surface area (Å²) in [4.78, 5) is 11.4. The van der Waals surface area contributed by atoms with E-state index in [1.54, 1.807) is 20.4 Å². The fraction of sp³-hybridized carbons (Fsp3) is 0.214. The first kappa shape index (κ1) is 25.6. The number of hydrogen-bond acceptors (Lipinski definition) is 11. The normalized spacial score (nSPS) is 14.1. The Labute approximate surface area is 233 Å². The molecular formula is C28H26N6O5S. The number of para-hydroxylation sites is 1. The summed E-state index contributed by atoms with van der Waals surface area (Å²) in [7, 11) is 3.17. The van der Waals surface area contributed by atoms with Gasteiger partial charge in [-0.05, 0) is 12.1 Å². The van der Waals surface area contributed by atoms with Crippen molar-refractivity contribution in [1.29, 1.82) is 0 Å². The fourth-order valence-corrected chi connectivity index (χ4v) is 5.67. The first-order valence-electron chi connectivity index (χ1n) is 12.5. The number of pyridine rings is 1. The molecular weight excluding hydrogens is 532 g/mol. The van der Waals surface area contributed by atoms with E-state index in [2.05, 4.69) is 10.3 Å². The number of nitrogens with zero attached hydrogens (tertiary/aromatic N) is 5. The zero-order valence-electron chi connectivity index (χ0n) is 21.9. The molecule has 40 heavy (non-hydrogen) atoms. The molecule has 1 saturated heterocycles. The Balaban J connectivity index is 1.49. The highest BCUT2D eigenvalue weighted by atomic mass is 32.1. The predicted octanol–water partition coefficient (Wildman–Crippen LogP) is 2.91. The molecule has 1 aliphatic rings. The van der Waals surface area contributed by atoms with Gasteiger partial charge in [0.15, 0.2) is 11.5 Å². The number of fused-ring (bicyclic) bond motifs is 1. The van der Waals surface area contributed by atoms with Gasteiger partial charge in [-0.15, -0.1) is 16.3 Å². The number of rotatable bonds is 7. The zero-order chi connectivity index (χ0) is 27.6. The van der Waals surface area contributed by atoms with E-state index in [-0.39, 0.29) is 16.4 Å². The van der Waals surface area contributed by atoms with Crippen molar-refractivity contribution in [3.05, 3.63) is 65.7 Å². The quantitative estimate of drug-likeness (QED) is 0.182. The molecule has 6 rings (SSSR count). The average Bonchev–Trinajstić information content (AvgIpc) is 3.61. The molecule has 0 amide bonds. The van der Waals surface area contributed by atoms with Crippen LogP contribution >= 0.6 is 11.3 Å². The number of aromatic nitrogens is 3. The third-order valence-electron chi connectivity index (χ3n) is 6.59. The summed E-state index contributed by atoms with van der Waals surface area (Å²) >= 11 is 1.18. The largest absolute Gasteiger partial charge is 0.857 e. The Morgan fingerprint density at radius 1 is 1.07 bits per heavy atom. The summed E-state index contributed by atoms with van der Waals surface area (Å²) in [5.74, 6) is 0.649. The number of nitrogen functional groups attached to an aromatic ring is 1. The lowest BCUT2D eigenvalue weighted by molar-refractivity contribution is -0.759. The molecule has 2 aromatic carbocycles. The van der Waals surface area contributed by atoms with Gasteiger partial charge in [0.2, 0.25) is 5.27 Å². The van der Waals surface area contributed by atoms with Crippen molar-refractivity contribution in [2.24, 2.45) is 4.99 Å². The number of morpholine rings is 1. The topological polar surface area (TPSA) is 135 Å². The van der Waals surface area contributed by atoms with Crippen LogP contribution in [-0.4, -0.2) is 56.7 Å². The molecule has 0 radical (unpaired) electrons. The maximum atomic E-state index is 13.4. The van der Waals surface area contributed by atoms with Gasteiger partial charge in [-0.1, -0.05) is 42.5 Å². The van der Waals surface area contributed by atoms with E-state index < -0.39 is 5.90 Å². The van der Waals surface area contributed by atoms with Gasteiger partial charge in [-0.2, -0.15) is 0 Å². The smallest absolute Gasteiger partial charge is 0.324 e. The Bertz CT molecular complexity index is 1690. The van der Waals surface area contributed by atoms with Crippen LogP contribution in [0.25, 0.3) is 32.6 Å². The van der Waals surface area contributed by atoms with Crippen molar-refractivity contribution in [2.75, 3.05) is 51.3 Å². The molecule has 2 N–H and O–H groups in total. The van der Waals surface area contributed by atoms with Crippen molar-refractivity contribution in [2.45, 2.75) is 0 Å². The Morgan fingerprint density at radius 2 is 1.88 bits per heavy atom. The minimum atomic E-state index is -0.546. The van der Waals surface area contributed by atoms with Crippen molar-refractivity contribution in [1.82, 2.24) is 10.3 Å². The first-order valence-corrected chi connectivity index (χ1v) is 13.4. The van der Waals surface area contributed by atoms with Gasteiger partial charge in [0, 0.05) is 28.0 Å². The number of benzene rings is 2. The molecule has 1 fully saturated rings. The summed E-state index contributed by atoms with van der Waals surface area (Å²) in [6.07, 6.45) is 1.56. The van der Waals surface area contributed by atoms with E-state index in [1.807, 2.05) is 59.6 Å². The highest BCUT2D eigenvalue weighted by Gasteiger charge is 2.24. The molecule has 4 heterocycles. The lowest BCUT2D eigenvalue weighted by Gasteiger charge is -2.18. The second-order valence-corrected chi connectivity index (χ2v) is 9.93. The second-order valence-electron chi connectivity index (χ2n) is 8.93. The second kappa shape index (κ2) is 10.8. The van der Waals surface area contributed by atoms with Crippen molar-refractivity contribution >= 4 is 39.0 Å². The fourth-order valence-electron chi connectivity index (χ4n) is 4.67. The summed E-state index contributed by atoms with van der Waals surface area (Å²) < 4.78 is 22.0. The van der Waals surface area contributed by atoms with Gasteiger partial charge in [0.1, 0.15) is 4.83 Å².